The van der Waals surface area contributed by atoms with Gasteiger partial charge in [-0.3, -0.25) is 0 Å². The van der Waals surface area contributed by atoms with Crippen molar-refractivity contribution in [2.45, 2.75) is 19.3 Å². The summed E-state index contributed by atoms with van der Waals surface area (Å²) in [6, 6.07) is 14.9. The van der Waals surface area contributed by atoms with Crippen molar-refractivity contribution in [3.8, 4) is 17.0 Å². The lowest BCUT2D eigenvalue weighted by molar-refractivity contribution is -0.138. The van der Waals surface area contributed by atoms with Crippen molar-refractivity contribution < 1.29 is 22.6 Å². The number of fused-ring (bicyclic) bond motifs is 1. The number of methoxy groups -OCH3 is 2. The van der Waals surface area contributed by atoms with E-state index in [4.69, 9.17) is 9.47 Å². The average Bonchev–Trinajstić information content (AvgIpc) is 3.10. The number of hydrogen-bond acceptors (Lipinski definition) is 4. The quantitative estimate of drug-likeness (QED) is 0.418. The molecule has 0 saturated carbocycles. The first kappa shape index (κ1) is 20.9. The van der Waals surface area contributed by atoms with Crippen molar-refractivity contribution in [2.75, 3.05) is 14.2 Å². The van der Waals surface area contributed by atoms with Crippen LogP contribution >= 0.6 is 0 Å². The van der Waals surface area contributed by atoms with E-state index >= 15 is 0 Å². The summed E-state index contributed by atoms with van der Waals surface area (Å²) in [4.78, 5) is 8.80. The van der Waals surface area contributed by atoms with Crippen LogP contribution in [0.5, 0.6) is 5.88 Å². The van der Waals surface area contributed by atoms with Crippen LogP contribution in [0.3, 0.4) is 0 Å². The van der Waals surface area contributed by atoms with Crippen molar-refractivity contribution in [1.29, 1.82) is 0 Å². The van der Waals surface area contributed by atoms with Crippen molar-refractivity contribution >= 4 is 11.0 Å². The van der Waals surface area contributed by atoms with Gasteiger partial charge in [-0.15, -0.1) is 0 Å². The molecule has 2 heterocycles. The summed E-state index contributed by atoms with van der Waals surface area (Å²) in [5.74, 6) is 1.06. The Balaban J connectivity index is 1.82. The number of nitrogens with zero attached hydrogens (tertiary/aromatic N) is 3. The molecule has 31 heavy (non-hydrogen) atoms. The Kier molecular flexibility index (Phi) is 5.65. The molecule has 0 unspecified atom stereocenters. The van der Waals surface area contributed by atoms with Gasteiger partial charge < -0.3 is 14.0 Å². The molecule has 0 N–H and O–H groups in total. The minimum absolute atomic E-state index is 0.0230. The van der Waals surface area contributed by atoms with E-state index in [9.17, 15) is 13.2 Å². The van der Waals surface area contributed by atoms with E-state index in [-0.39, 0.29) is 18.7 Å². The molecule has 0 aliphatic rings. The van der Waals surface area contributed by atoms with E-state index in [1.807, 2.05) is 24.3 Å². The van der Waals surface area contributed by atoms with Gasteiger partial charge in [0.25, 0.3) is 0 Å². The Hall–Kier alpha value is -3.39. The van der Waals surface area contributed by atoms with Crippen molar-refractivity contribution in [2.24, 2.45) is 0 Å². The molecule has 0 saturated heterocycles. The fraction of sp³-hybridized carbons (Fsp3) is 0.217. The Morgan fingerprint density at radius 2 is 1.74 bits per heavy atom. The number of aromatic nitrogens is 3. The lowest BCUT2D eigenvalue weighted by Crippen LogP contribution is -2.13. The molecule has 5 nitrogen and oxygen atoms in total. The smallest absolute Gasteiger partial charge is 0.416 e. The fourth-order valence-corrected chi connectivity index (χ4v) is 3.54. The van der Waals surface area contributed by atoms with Crippen molar-refractivity contribution in [3.63, 3.8) is 0 Å². The third kappa shape index (κ3) is 4.25. The Morgan fingerprint density at radius 3 is 2.42 bits per heavy atom. The largest absolute Gasteiger partial charge is 0.481 e. The second-order valence-corrected chi connectivity index (χ2v) is 6.99. The Bertz CT molecular complexity index is 1200. The lowest BCUT2D eigenvalue weighted by atomic mass is 10.1. The van der Waals surface area contributed by atoms with Crippen LogP contribution in [0.4, 0.5) is 13.2 Å². The van der Waals surface area contributed by atoms with Crippen molar-refractivity contribution in [3.05, 3.63) is 77.7 Å². The van der Waals surface area contributed by atoms with Crippen LogP contribution < -0.4 is 4.74 Å². The molecule has 0 amide bonds. The SMILES string of the molecule is COCc1nc2ccc(-c3ccc(OC)nc3)cc2n1Cc1ccccc1C(F)(F)F. The highest BCUT2D eigenvalue weighted by Crippen LogP contribution is 2.33. The predicted molar refractivity (Wildman–Crippen MR) is 111 cm³/mol. The van der Waals surface area contributed by atoms with Crippen LogP contribution in [0.2, 0.25) is 0 Å². The molecular weight excluding hydrogens is 407 g/mol. The first-order valence-corrected chi connectivity index (χ1v) is 9.54. The summed E-state index contributed by atoms with van der Waals surface area (Å²) >= 11 is 0. The zero-order chi connectivity index (χ0) is 22.0. The first-order chi connectivity index (χ1) is 14.9. The van der Waals surface area contributed by atoms with Crippen LogP contribution in [-0.2, 0) is 24.1 Å². The van der Waals surface area contributed by atoms with Crippen LogP contribution in [-0.4, -0.2) is 28.8 Å². The van der Waals surface area contributed by atoms with Crippen LogP contribution in [0.15, 0.2) is 60.8 Å². The molecule has 0 spiro atoms. The topological polar surface area (TPSA) is 49.2 Å². The molecule has 0 aliphatic heterocycles. The van der Waals surface area contributed by atoms with Gasteiger partial charge in [-0.1, -0.05) is 24.3 Å². The second-order valence-electron chi connectivity index (χ2n) is 6.99. The summed E-state index contributed by atoms with van der Waals surface area (Å²) < 4.78 is 52.7. The number of pyridine rings is 1. The highest BCUT2D eigenvalue weighted by atomic mass is 19.4. The van der Waals surface area contributed by atoms with E-state index < -0.39 is 11.7 Å². The molecule has 4 aromatic rings. The molecule has 8 heteroatoms. The molecule has 4 rings (SSSR count). The monoisotopic (exact) mass is 427 g/mol. The normalized spacial score (nSPS) is 11.8. The van der Waals surface area contributed by atoms with Gasteiger partial charge in [0.1, 0.15) is 12.4 Å². The van der Waals surface area contributed by atoms with E-state index in [0.717, 1.165) is 22.7 Å². The van der Waals surface area contributed by atoms with Crippen LogP contribution in [0.1, 0.15) is 17.0 Å². The maximum Gasteiger partial charge on any atom is 0.416 e. The van der Waals surface area contributed by atoms with E-state index in [0.29, 0.717) is 17.2 Å². The maximum atomic E-state index is 13.5. The second kappa shape index (κ2) is 8.39. The zero-order valence-electron chi connectivity index (χ0n) is 17.0. The average molecular weight is 427 g/mol. The van der Waals surface area contributed by atoms with E-state index in [2.05, 4.69) is 9.97 Å². The number of alkyl halides is 3. The minimum atomic E-state index is -4.44. The summed E-state index contributed by atoms with van der Waals surface area (Å²) in [5, 5.41) is 0. The summed E-state index contributed by atoms with van der Waals surface area (Å²) in [5.41, 5.74) is 2.65. The molecule has 0 atom stereocenters. The number of hydrogen-bond donors (Lipinski definition) is 0. The predicted octanol–water partition coefficient (Wildman–Crippen LogP) is 5.32. The lowest BCUT2D eigenvalue weighted by Gasteiger charge is -2.15. The number of imidazole rings is 1. The Labute approximate surface area is 177 Å². The molecule has 2 aromatic heterocycles. The molecular formula is C23H20F3N3O2. The van der Waals surface area contributed by atoms with Gasteiger partial charge in [-0.05, 0) is 35.4 Å². The first-order valence-electron chi connectivity index (χ1n) is 9.54. The third-order valence-electron chi connectivity index (χ3n) is 5.03. The molecule has 160 valence electrons. The maximum absolute atomic E-state index is 13.5. The molecule has 0 aliphatic carbocycles. The van der Waals surface area contributed by atoms with Gasteiger partial charge >= 0.3 is 6.18 Å². The van der Waals surface area contributed by atoms with Gasteiger partial charge in [0.05, 0.1) is 30.3 Å². The van der Waals surface area contributed by atoms with Gasteiger partial charge in [-0.2, -0.15) is 13.2 Å². The highest BCUT2D eigenvalue weighted by Gasteiger charge is 2.33. The molecule has 0 fully saturated rings. The van der Waals surface area contributed by atoms with Gasteiger partial charge in [0.15, 0.2) is 0 Å². The molecule has 0 radical (unpaired) electrons. The van der Waals surface area contributed by atoms with Gasteiger partial charge in [0.2, 0.25) is 5.88 Å². The zero-order valence-corrected chi connectivity index (χ0v) is 17.0. The number of benzene rings is 2. The summed E-state index contributed by atoms with van der Waals surface area (Å²) in [6.07, 6.45) is -2.75. The van der Waals surface area contributed by atoms with Gasteiger partial charge in [0, 0.05) is 24.9 Å². The Morgan fingerprint density at radius 1 is 0.968 bits per heavy atom. The number of rotatable bonds is 6. The molecule has 0 bridgehead atoms. The number of halogens is 3. The fourth-order valence-electron chi connectivity index (χ4n) is 3.54. The van der Waals surface area contributed by atoms with E-state index in [1.165, 1.54) is 19.2 Å². The van der Waals surface area contributed by atoms with Crippen LogP contribution in [0.25, 0.3) is 22.2 Å². The highest BCUT2D eigenvalue weighted by molar-refractivity contribution is 5.82. The summed E-state index contributed by atoms with van der Waals surface area (Å²) in [7, 11) is 3.07. The van der Waals surface area contributed by atoms with Crippen LogP contribution in [0, 0.1) is 0 Å². The standard InChI is InChI=1S/C23H20F3N3O2/c1-30-14-21-28-19-9-7-15(16-8-10-22(31-2)27-12-16)11-20(19)29(21)13-17-5-3-4-6-18(17)23(24,25)26/h3-12H,13-14H2,1-2H3. The van der Waals surface area contributed by atoms with Crippen molar-refractivity contribution in [1.82, 2.24) is 14.5 Å². The van der Waals surface area contributed by atoms with E-state index in [1.54, 1.807) is 30.0 Å². The van der Waals surface area contributed by atoms with Gasteiger partial charge in [-0.25, -0.2) is 9.97 Å². The minimum Gasteiger partial charge on any atom is -0.481 e. The molecule has 2 aromatic carbocycles. The summed E-state index contributed by atoms with van der Waals surface area (Å²) in [6.45, 7) is 0.206. The third-order valence-corrected chi connectivity index (χ3v) is 5.03. The number of ether oxygens (including phenoxy) is 2.